The summed E-state index contributed by atoms with van der Waals surface area (Å²) in [6.07, 6.45) is -2.00. The van der Waals surface area contributed by atoms with Crippen molar-refractivity contribution in [3.8, 4) is 11.5 Å². The lowest BCUT2D eigenvalue weighted by Gasteiger charge is -2.16. The highest BCUT2D eigenvalue weighted by Gasteiger charge is 2.42. The monoisotopic (exact) mass is 414 g/mol. The van der Waals surface area contributed by atoms with Crippen molar-refractivity contribution >= 4 is 23.8 Å². The smallest absolute Gasteiger partial charge is 0.357 e. The SMILES string of the molecule is CCN(C)C=Nc1cc(C)c(Oc2cccc(SC(F)(F)C(F)F)c2)cc1C. The van der Waals surface area contributed by atoms with E-state index in [1.54, 1.807) is 12.4 Å². The molecule has 28 heavy (non-hydrogen) atoms. The Labute approximate surface area is 166 Å². The number of nitrogens with zero attached hydrogens (tertiary/aromatic N) is 2. The molecule has 0 radical (unpaired) electrons. The summed E-state index contributed by atoms with van der Waals surface area (Å²) in [7, 11) is 1.92. The van der Waals surface area contributed by atoms with Gasteiger partial charge in [-0.3, -0.25) is 0 Å². The number of hydrogen-bond acceptors (Lipinski definition) is 3. The molecule has 0 saturated carbocycles. The van der Waals surface area contributed by atoms with E-state index in [2.05, 4.69) is 4.99 Å². The van der Waals surface area contributed by atoms with Crippen LogP contribution in [0.15, 0.2) is 46.3 Å². The molecular formula is C20H22F4N2OS. The second-order valence-electron chi connectivity index (χ2n) is 6.26. The molecule has 0 spiro atoms. The molecule has 2 rings (SSSR count). The molecule has 0 aliphatic rings. The van der Waals surface area contributed by atoms with Crippen molar-refractivity contribution in [3.05, 3.63) is 47.5 Å². The maximum Gasteiger partial charge on any atom is 0.357 e. The first-order valence-electron chi connectivity index (χ1n) is 8.61. The van der Waals surface area contributed by atoms with E-state index in [1.807, 2.05) is 44.9 Å². The molecule has 0 atom stereocenters. The minimum atomic E-state index is -4.16. The molecule has 0 amide bonds. The van der Waals surface area contributed by atoms with Crippen LogP contribution in [-0.2, 0) is 0 Å². The van der Waals surface area contributed by atoms with Gasteiger partial charge in [0.15, 0.2) is 0 Å². The topological polar surface area (TPSA) is 24.8 Å². The normalized spacial score (nSPS) is 12.0. The van der Waals surface area contributed by atoms with Crippen LogP contribution in [0, 0.1) is 13.8 Å². The summed E-state index contributed by atoms with van der Waals surface area (Å²) in [6, 6.07) is 9.41. The first kappa shape index (κ1) is 22.1. The molecule has 0 aliphatic carbocycles. The molecule has 3 nitrogen and oxygen atoms in total. The van der Waals surface area contributed by atoms with E-state index in [-0.39, 0.29) is 16.7 Å². The van der Waals surface area contributed by atoms with Gasteiger partial charge in [0.25, 0.3) is 0 Å². The Bertz CT molecular complexity index is 843. The predicted molar refractivity (Wildman–Crippen MR) is 106 cm³/mol. The molecule has 0 saturated heterocycles. The zero-order valence-electron chi connectivity index (χ0n) is 16.0. The molecule has 0 unspecified atom stereocenters. The van der Waals surface area contributed by atoms with Crippen molar-refractivity contribution in [2.24, 2.45) is 4.99 Å². The number of thioether (sulfide) groups is 1. The molecule has 152 valence electrons. The van der Waals surface area contributed by atoms with Crippen LogP contribution in [0.2, 0.25) is 0 Å². The molecule has 0 bridgehead atoms. The third kappa shape index (κ3) is 5.89. The maximum atomic E-state index is 13.3. The molecule has 2 aromatic rings. The van der Waals surface area contributed by atoms with Crippen LogP contribution in [0.4, 0.5) is 23.2 Å². The van der Waals surface area contributed by atoms with Gasteiger partial charge >= 0.3 is 11.7 Å². The molecule has 0 fully saturated rings. The summed E-state index contributed by atoms with van der Waals surface area (Å²) in [5.74, 6) is 0.836. The van der Waals surface area contributed by atoms with Crippen molar-refractivity contribution in [3.63, 3.8) is 0 Å². The Balaban J connectivity index is 2.21. The lowest BCUT2D eigenvalue weighted by Crippen LogP contribution is -2.21. The fourth-order valence-electron chi connectivity index (χ4n) is 2.20. The van der Waals surface area contributed by atoms with Crippen LogP contribution in [0.5, 0.6) is 11.5 Å². The maximum absolute atomic E-state index is 13.3. The summed E-state index contributed by atoms with van der Waals surface area (Å²) in [5, 5.41) is -4.16. The van der Waals surface area contributed by atoms with E-state index in [9.17, 15) is 17.6 Å². The summed E-state index contributed by atoms with van der Waals surface area (Å²) in [5.41, 5.74) is 2.50. The van der Waals surface area contributed by atoms with E-state index >= 15 is 0 Å². The Kier molecular flexibility index (Phi) is 7.35. The number of benzene rings is 2. The highest BCUT2D eigenvalue weighted by molar-refractivity contribution is 8.00. The van der Waals surface area contributed by atoms with Gasteiger partial charge in [-0.25, -0.2) is 13.8 Å². The van der Waals surface area contributed by atoms with Crippen molar-refractivity contribution in [1.82, 2.24) is 4.90 Å². The van der Waals surface area contributed by atoms with Crippen LogP contribution in [0.3, 0.4) is 0 Å². The average molecular weight is 414 g/mol. The Hall–Kier alpha value is -2.22. The quantitative estimate of drug-likeness (QED) is 0.209. The summed E-state index contributed by atoms with van der Waals surface area (Å²) < 4.78 is 57.1. The molecule has 8 heteroatoms. The van der Waals surface area contributed by atoms with Crippen molar-refractivity contribution in [2.75, 3.05) is 13.6 Å². The number of rotatable bonds is 8. The van der Waals surface area contributed by atoms with Gasteiger partial charge in [-0.15, -0.1) is 0 Å². The molecule has 0 heterocycles. The van der Waals surface area contributed by atoms with Gasteiger partial charge in [0.05, 0.1) is 12.0 Å². The minimum absolute atomic E-state index is 0.000924. The third-order valence-electron chi connectivity index (χ3n) is 3.93. The lowest BCUT2D eigenvalue weighted by atomic mass is 10.1. The zero-order chi connectivity index (χ0) is 20.9. The second-order valence-corrected chi connectivity index (χ2v) is 7.48. The Morgan fingerprint density at radius 2 is 1.89 bits per heavy atom. The average Bonchev–Trinajstić information content (AvgIpc) is 2.62. The highest BCUT2D eigenvalue weighted by atomic mass is 32.2. The van der Waals surface area contributed by atoms with Crippen LogP contribution in [-0.4, -0.2) is 36.5 Å². The van der Waals surface area contributed by atoms with Gasteiger partial charge in [0.2, 0.25) is 0 Å². The minimum Gasteiger partial charge on any atom is -0.457 e. The number of hydrogen-bond donors (Lipinski definition) is 0. The van der Waals surface area contributed by atoms with Crippen LogP contribution in [0.25, 0.3) is 0 Å². The fourth-order valence-corrected chi connectivity index (χ4v) is 2.92. The summed E-state index contributed by atoms with van der Waals surface area (Å²) in [6.45, 7) is 6.59. The Morgan fingerprint density at radius 3 is 2.54 bits per heavy atom. The van der Waals surface area contributed by atoms with E-state index in [0.29, 0.717) is 11.5 Å². The number of aryl methyl sites for hydroxylation is 2. The molecule has 2 aromatic carbocycles. The summed E-state index contributed by atoms with van der Waals surface area (Å²) >= 11 is -0.187. The zero-order valence-corrected chi connectivity index (χ0v) is 16.9. The third-order valence-corrected chi connectivity index (χ3v) is 4.87. The van der Waals surface area contributed by atoms with Crippen molar-refractivity contribution in [2.45, 2.75) is 37.3 Å². The van der Waals surface area contributed by atoms with Crippen LogP contribution >= 0.6 is 11.8 Å². The van der Waals surface area contributed by atoms with Crippen molar-refractivity contribution in [1.29, 1.82) is 0 Å². The van der Waals surface area contributed by atoms with E-state index in [0.717, 1.165) is 23.4 Å². The molecular weight excluding hydrogens is 392 g/mol. The number of ether oxygens (including phenoxy) is 1. The van der Waals surface area contributed by atoms with E-state index in [1.165, 1.54) is 18.2 Å². The first-order valence-corrected chi connectivity index (χ1v) is 9.42. The number of alkyl halides is 4. The predicted octanol–water partition coefficient (Wildman–Crippen LogP) is 6.66. The Morgan fingerprint density at radius 1 is 1.18 bits per heavy atom. The van der Waals surface area contributed by atoms with Gasteiger partial charge in [0, 0.05) is 18.5 Å². The van der Waals surface area contributed by atoms with Crippen LogP contribution in [0.1, 0.15) is 18.1 Å². The van der Waals surface area contributed by atoms with E-state index < -0.39 is 11.7 Å². The van der Waals surface area contributed by atoms with Gasteiger partial charge in [-0.1, -0.05) is 6.07 Å². The molecule has 0 N–H and O–H groups in total. The first-order chi connectivity index (χ1) is 13.1. The van der Waals surface area contributed by atoms with Gasteiger partial charge < -0.3 is 9.64 Å². The van der Waals surface area contributed by atoms with Crippen molar-refractivity contribution < 1.29 is 22.3 Å². The van der Waals surface area contributed by atoms with Crippen LogP contribution < -0.4 is 4.74 Å². The van der Waals surface area contributed by atoms with Gasteiger partial charge in [0.1, 0.15) is 11.5 Å². The fraction of sp³-hybridized carbons (Fsp3) is 0.350. The highest BCUT2D eigenvalue weighted by Crippen LogP contribution is 2.41. The standard InChI is InChI=1S/C20H22F4N2OS/c1-5-26(4)12-25-17-9-14(3)18(10-13(17)2)27-15-7-6-8-16(11-15)28-20(23,24)19(21)22/h6-12,19H,5H2,1-4H3. The molecule has 0 aromatic heterocycles. The number of aliphatic imine (C=N–C) groups is 1. The van der Waals surface area contributed by atoms with Gasteiger partial charge in [-0.05, 0) is 74.0 Å². The second kappa shape index (κ2) is 9.32. The van der Waals surface area contributed by atoms with Gasteiger partial charge in [-0.2, -0.15) is 8.78 Å². The lowest BCUT2D eigenvalue weighted by molar-refractivity contribution is -0.0563. The summed E-state index contributed by atoms with van der Waals surface area (Å²) in [4.78, 5) is 6.39. The largest absolute Gasteiger partial charge is 0.457 e. The molecule has 0 aliphatic heterocycles. The number of halogens is 4. The van der Waals surface area contributed by atoms with E-state index in [4.69, 9.17) is 4.74 Å².